The molecule has 0 spiro atoms. The van der Waals surface area contributed by atoms with E-state index in [9.17, 15) is 0 Å². The van der Waals surface area contributed by atoms with Gasteiger partial charge in [-0.1, -0.05) is 13.8 Å². The van der Waals surface area contributed by atoms with Gasteiger partial charge >= 0.3 is 0 Å². The highest BCUT2D eigenvalue weighted by Crippen LogP contribution is 2.31. The van der Waals surface area contributed by atoms with E-state index < -0.39 is 5.54 Å². The van der Waals surface area contributed by atoms with Gasteiger partial charge in [-0.2, -0.15) is 5.26 Å². The van der Waals surface area contributed by atoms with Crippen molar-refractivity contribution in [1.82, 2.24) is 5.32 Å². The van der Waals surface area contributed by atoms with Crippen LogP contribution in [-0.4, -0.2) is 25.3 Å². The second-order valence-corrected chi connectivity index (χ2v) is 5.39. The molecular weight excluding hydrogens is 200 g/mol. The smallest absolute Gasteiger partial charge is 0.127 e. The third kappa shape index (κ3) is 3.47. The number of rotatable bonds is 4. The molecule has 0 aromatic rings. The molecule has 0 aromatic carbocycles. The Kier molecular flexibility index (Phi) is 4.76. The van der Waals surface area contributed by atoms with Crippen LogP contribution in [0.25, 0.3) is 0 Å². The minimum atomic E-state index is -0.549. The molecule has 1 saturated carbocycles. The molecule has 4 unspecified atom stereocenters. The number of likely N-dealkylation sites (N-methyl/N-ethyl adjacent to an activating group) is 1. The fraction of sp³-hybridized carbons (Fsp3) is 0.923. The van der Waals surface area contributed by atoms with Gasteiger partial charge in [0.25, 0.3) is 0 Å². The van der Waals surface area contributed by atoms with Crippen LogP contribution >= 0.6 is 0 Å². The Labute approximate surface area is 99.2 Å². The molecule has 0 heterocycles. The van der Waals surface area contributed by atoms with Crippen molar-refractivity contribution in [3.63, 3.8) is 0 Å². The average molecular weight is 224 g/mol. The molecule has 1 rings (SSSR count). The summed E-state index contributed by atoms with van der Waals surface area (Å²) >= 11 is 0. The summed E-state index contributed by atoms with van der Waals surface area (Å²) < 4.78 is 5.86. The molecule has 1 aliphatic rings. The van der Waals surface area contributed by atoms with Crippen molar-refractivity contribution in [2.45, 2.75) is 51.7 Å². The lowest BCUT2D eigenvalue weighted by Crippen LogP contribution is -2.44. The van der Waals surface area contributed by atoms with Gasteiger partial charge in [-0.15, -0.1) is 0 Å². The first-order valence-electron chi connectivity index (χ1n) is 6.22. The van der Waals surface area contributed by atoms with Gasteiger partial charge in [-0.25, -0.2) is 0 Å². The summed E-state index contributed by atoms with van der Waals surface area (Å²) in [5.74, 6) is 1.55. The van der Waals surface area contributed by atoms with Crippen molar-refractivity contribution in [3.8, 4) is 6.07 Å². The van der Waals surface area contributed by atoms with Gasteiger partial charge in [0.2, 0.25) is 0 Å². The molecule has 3 nitrogen and oxygen atoms in total. The van der Waals surface area contributed by atoms with E-state index in [1.54, 1.807) is 7.05 Å². The van der Waals surface area contributed by atoms with Crippen LogP contribution in [0.1, 0.15) is 40.0 Å². The number of nitriles is 1. The van der Waals surface area contributed by atoms with Gasteiger partial charge in [0.05, 0.1) is 18.8 Å². The van der Waals surface area contributed by atoms with Crippen LogP contribution in [0.15, 0.2) is 0 Å². The van der Waals surface area contributed by atoms with Crippen molar-refractivity contribution in [2.24, 2.45) is 11.8 Å². The highest BCUT2D eigenvalue weighted by atomic mass is 16.5. The Hall–Kier alpha value is -0.590. The standard InChI is InChI=1S/C13H24N2O/c1-10-5-6-12(7-11(10)2)16-9-13(3,8-14)15-4/h10-12,15H,5-7,9H2,1-4H3. The highest BCUT2D eigenvalue weighted by Gasteiger charge is 2.28. The Morgan fingerprint density at radius 1 is 1.38 bits per heavy atom. The monoisotopic (exact) mass is 224 g/mol. The lowest BCUT2D eigenvalue weighted by molar-refractivity contribution is -0.0139. The highest BCUT2D eigenvalue weighted by molar-refractivity contribution is 5.03. The molecule has 0 bridgehead atoms. The topological polar surface area (TPSA) is 45.0 Å². The second-order valence-electron chi connectivity index (χ2n) is 5.39. The molecule has 0 amide bonds. The first kappa shape index (κ1) is 13.5. The van der Waals surface area contributed by atoms with Crippen LogP contribution < -0.4 is 5.32 Å². The summed E-state index contributed by atoms with van der Waals surface area (Å²) in [4.78, 5) is 0. The lowest BCUT2D eigenvalue weighted by Gasteiger charge is -2.33. The zero-order valence-corrected chi connectivity index (χ0v) is 10.9. The number of nitrogens with one attached hydrogen (secondary N) is 1. The number of hydrogen-bond acceptors (Lipinski definition) is 3. The third-order valence-corrected chi connectivity index (χ3v) is 3.96. The zero-order valence-electron chi connectivity index (χ0n) is 10.9. The fourth-order valence-electron chi connectivity index (χ4n) is 2.09. The summed E-state index contributed by atoms with van der Waals surface area (Å²) in [6.45, 7) is 6.96. The largest absolute Gasteiger partial charge is 0.375 e. The van der Waals surface area contributed by atoms with Gasteiger partial charge in [0, 0.05) is 0 Å². The lowest BCUT2D eigenvalue weighted by atomic mass is 9.80. The van der Waals surface area contributed by atoms with Gasteiger partial charge in [-0.3, -0.25) is 0 Å². The van der Waals surface area contributed by atoms with E-state index in [1.807, 2.05) is 6.92 Å². The first-order chi connectivity index (χ1) is 7.50. The Bertz CT molecular complexity index is 261. The maximum atomic E-state index is 9.02. The summed E-state index contributed by atoms with van der Waals surface area (Å²) in [5.41, 5.74) is -0.549. The SMILES string of the molecule is CNC(C)(C#N)COC1CCC(C)C(C)C1. The summed E-state index contributed by atoms with van der Waals surface area (Å²) in [5, 5.41) is 12.0. The van der Waals surface area contributed by atoms with Crippen molar-refractivity contribution >= 4 is 0 Å². The predicted molar refractivity (Wildman–Crippen MR) is 65.0 cm³/mol. The Balaban J connectivity index is 2.37. The summed E-state index contributed by atoms with van der Waals surface area (Å²) in [6, 6.07) is 2.25. The maximum Gasteiger partial charge on any atom is 0.127 e. The van der Waals surface area contributed by atoms with E-state index in [1.165, 1.54) is 6.42 Å². The van der Waals surface area contributed by atoms with Crippen molar-refractivity contribution in [2.75, 3.05) is 13.7 Å². The molecule has 1 aliphatic carbocycles. The maximum absolute atomic E-state index is 9.02. The molecule has 0 aliphatic heterocycles. The van der Waals surface area contributed by atoms with E-state index in [0.29, 0.717) is 12.7 Å². The normalized spacial score (nSPS) is 34.1. The van der Waals surface area contributed by atoms with Crippen LogP contribution in [-0.2, 0) is 4.74 Å². The Morgan fingerprint density at radius 2 is 2.06 bits per heavy atom. The van der Waals surface area contributed by atoms with Crippen molar-refractivity contribution < 1.29 is 4.74 Å². The summed E-state index contributed by atoms with van der Waals surface area (Å²) in [6.07, 6.45) is 3.85. The molecule has 1 fully saturated rings. The molecule has 4 atom stereocenters. The average Bonchev–Trinajstić information content (AvgIpc) is 2.30. The van der Waals surface area contributed by atoms with E-state index in [0.717, 1.165) is 24.7 Å². The predicted octanol–water partition coefficient (Wildman–Crippen LogP) is 2.33. The molecule has 16 heavy (non-hydrogen) atoms. The van der Waals surface area contributed by atoms with Crippen LogP contribution in [0, 0.1) is 23.2 Å². The van der Waals surface area contributed by atoms with Gasteiger partial charge in [0.1, 0.15) is 5.54 Å². The fourth-order valence-corrected chi connectivity index (χ4v) is 2.09. The summed E-state index contributed by atoms with van der Waals surface area (Å²) in [7, 11) is 1.80. The van der Waals surface area contributed by atoms with Crippen molar-refractivity contribution in [1.29, 1.82) is 5.26 Å². The first-order valence-corrected chi connectivity index (χ1v) is 6.22. The number of hydrogen-bond donors (Lipinski definition) is 1. The minimum absolute atomic E-state index is 0.340. The van der Waals surface area contributed by atoms with Gasteiger partial charge < -0.3 is 10.1 Å². The van der Waals surface area contributed by atoms with E-state index in [4.69, 9.17) is 10.00 Å². The Morgan fingerprint density at radius 3 is 2.56 bits per heavy atom. The van der Waals surface area contributed by atoms with Crippen LogP contribution in [0.3, 0.4) is 0 Å². The van der Waals surface area contributed by atoms with Crippen molar-refractivity contribution in [3.05, 3.63) is 0 Å². The molecule has 0 aromatic heterocycles. The van der Waals surface area contributed by atoms with Crippen LogP contribution in [0.4, 0.5) is 0 Å². The zero-order chi connectivity index (χ0) is 12.2. The molecular formula is C13H24N2O. The number of ether oxygens (including phenoxy) is 1. The quantitative estimate of drug-likeness (QED) is 0.797. The van der Waals surface area contributed by atoms with Gasteiger partial charge in [-0.05, 0) is 45.1 Å². The second kappa shape index (κ2) is 5.65. The molecule has 92 valence electrons. The molecule has 1 N–H and O–H groups in total. The third-order valence-electron chi connectivity index (χ3n) is 3.96. The molecule has 0 radical (unpaired) electrons. The molecule has 3 heteroatoms. The number of nitrogens with zero attached hydrogens (tertiary/aromatic N) is 1. The minimum Gasteiger partial charge on any atom is -0.375 e. The van der Waals surface area contributed by atoms with E-state index in [2.05, 4.69) is 25.2 Å². The van der Waals surface area contributed by atoms with Crippen LogP contribution in [0.2, 0.25) is 0 Å². The van der Waals surface area contributed by atoms with Crippen LogP contribution in [0.5, 0.6) is 0 Å². The van der Waals surface area contributed by atoms with Gasteiger partial charge in [0.15, 0.2) is 0 Å². The van der Waals surface area contributed by atoms with E-state index >= 15 is 0 Å². The molecule has 0 saturated heterocycles. The van der Waals surface area contributed by atoms with E-state index in [-0.39, 0.29) is 0 Å².